The van der Waals surface area contributed by atoms with Crippen molar-refractivity contribution in [1.29, 1.82) is 0 Å². The summed E-state index contributed by atoms with van der Waals surface area (Å²) in [5.41, 5.74) is 1.43. The fourth-order valence-electron chi connectivity index (χ4n) is 4.34. The van der Waals surface area contributed by atoms with Crippen molar-refractivity contribution in [2.45, 2.75) is 43.2 Å². The number of hydrogen-bond acceptors (Lipinski definition) is 3. The average Bonchev–Trinajstić information content (AvgIpc) is 3.10. The largest absolute Gasteiger partial charge is 0.458 e. The molecular formula is C23H27NO2. The van der Waals surface area contributed by atoms with Gasteiger partial charge in [-0.25, -0.2) is 0 Å². The van der Waals surface area contributed by atoms with Crippen LogP contribution in [0.5, 0.6) is 0 Å². The second-order valence-electron chi connectivity index (χ2n) is 7.96. The maximum atomic E-state index is 11.3. The highest BCUT2D eigenvalue weighted by Gasteiger charge is 2.45. The van der Waals surface area contributed by atoms with E-state index in [2.05, 4.69) is 49.3 Å². The molecule has 1 aliphatic rings. The second-order valence-corrected chi connectivity index (χ2v) is 7.96. The molecule has 3 nitrogen and oxygen atoms in total. The van der Waals surface area contributed by atoms with Crippen molar-refractivity contribution in [1.82, 2.24) is 4.90 Å². The first kappa shape index (κ1) is 17.3. The van der Waals surface area contributed by atoms with Crippen LogP contribution < -0.4 is 0 Å². The zero-order valence-corrected chi connectivity index (χ0v) is 15.6. The molecule has 2 aromatic carbocycles. The van der Waals surface area contributed by atoms with E-state index in [-0.39, 0.29) is 5.54 Å². The van der Waals surface area contributed by atoms with Crippen LogP contribution >= 0.6 is 0 Å². The van der Waals surface area contributed by atoms with E-state index in [9.17, 15) is 5.11 Å². The Kier molecular flexibility index (Phi) is 4.37. The van der Waals surface area contributed by atoms with E-state index in [1.54, 1.807) is 0 Å². The maximum absolute atomic E-state index is 11.3. The number of nitrogens with zero attached hydrogens (tertiary/aromatic N) is 1. The molecule has 1 heterocycles. The summed E-state index contributed by atoms with van der Waals surface area (Å²) < 4.78 is 5.99. The Labute approximate surface area is 155 Å². The smallest absolute Gasteiger partial charge is 0.136 e. The number of likely N-dealkylation sites (N-methyl/N-ethyl adjacent to an activating group) is 1. The molecule has 0 saturated heterocycles. The molecule has 3 aromatic rings. The Balaban J connectivity index is 1.57. The molecule has 3 heteroatoms. The van der Waals surface area contributed by atoms with Crippen LogP contribution in [-0.4, -0.2) is 29.6 Å². The lowest BCUT2D eigenvalue weighted by atomic mass is 9.70. The summed E-state index contributed by atoms with van der Waals surface area (Å²) in [6.07, 6.45) is 4.34. The van der Waals surface area contributed by atoms with E-state index < -0.39 is 5.60 Å². The highest BCUT2D eigenvalue weighted by atomic mass is 16.4. The van der Waals surface area contributed by atoms with E-state index in [0.717, 1.165) is 43.1 Å². The van der Waals surface area contributed by atoms with Gasteiger partial charge in [0.05, 0.1) is 0 Å². The summed E-state index contributed by atoms with van der Waals surface area (Å²) in [5.74, 6) is 0.714. The lowest BCUT2D eigenvalue weighted by Crippen LogP contribution is -2.51. The molecule has 0 bridgehead atoms. The van der Waals surface area contributed by atoms with Gasteiger partial charge in [-0.3, -0.25) is 0 Å². The van der Waals surface area contributed by atoms with Crippen LogP contribution in [0, 0.1) is 0 Å². The minimum atomic E-state index is -0.866. The molecule has 0 aliphatic heterocycles. The molecular weight excluding hydrogens is 322 g/mol. The quantitative estimate of drug-likeness (QED) is 0.739. The SMILES string of the molecule is CN(C)C1(Cc2ccccc2)CCC(O)(c2cc3ccccc3o2)CC1. The van der Waals surface area contributed by atoms with Crippen LogP contribution in [0.4, 0.5) is 0 Å². The lowest BCUT2D eigenvalue weighted by molar-refractivity contribution is -0.0610. The first-order valence-electron chi connectivity index (χ1n) is 9.44. The minimum absolute atomic E-state index is 0.0829. The van der Waals surface area contributed by atoms with Gasteiger partial charge in [0.1, 0.15) is 16.9 Å². The van der Waals surface area contributed by atoms with Gasteiger partial charge in [-0.15, -0.1) is 0 Å². The number of fused-ring (bicyclic) bond motifs is 1. The van der Waals surface area contributed by atoms with Gasteiger partial charge in [0.15, 0.2) is 0 Å². The fourth-order valence-corrected chi connectivity index (χ4v) is 4.34. The van der Waals surface area contributed by atoms with Gasteiger partial charge >= 0.3 is 0 Å². The Morgan fingerprint density at radius 2 is 1.58 bits per heavy atom. The number of para-hydroxylation sites is 1. The molecule has 26 heavy (non-hydrogen) atoms. The van der Waals surface area contributed by atoms with Gasteiger partial charge in [0, 0.05) is 10.9 Å². The van der Waals surface area contributed by atoms with E-state index in [0.29, 0.717) is 5.76 Å². The first-order chi connectivity index (χ1) is 12.5. The topological polar surface area (TPSA) is 36.6 Å². The molecule has 0 unspecified atom stereocenters. The molecule has 136 valence electrons. The Morgan fingerprint density at radius 3 is 2.23 bits per heavy atom. The number of benzene rings is 2. The van der Waals surface area contributed by atoms with Crippen molar-refractivity contribution in [3.05, 3.63) is 72.0 Å². The van der Waals surface area contributed by atoms with Gasteiger partial charge < -0.3 is 14.4 Å². The number of furan rings is 1. The third kappa shape index (κ3) is 3.06. The molecule has 0 amide bonds. The van der Waals surface area contributed by atoms with Crippen LogP contribution in [0.15, 0.2) is 65.1 Å². The lowest BCUT2D eigenvalue weighted by Gasteiger charge is -2.47. The number of rotatable bonds is 4. The van der Waals surface area contributed by atoms with Crippen LogP contribution in [0.2, 0.25) is 0 Å². The average molecular weight is 349 g/mol. The molecule has 0 radical (unpaired) electrons. The fraction of sp³-hybridized carbons (Fsp3) is 0.391. The summed E-state index contributed by atoms with van der Waals surface area (Å²) in [5, 5.41) is 12.4. The summed E-state index contributed by atoms with van der Waals surface area (Å²) in [6.45, 7) is 0. The van der Waals surface area contributed by atoms with E-state index >= 15 is 0 Å². The number of aliphatic hydroxyl groups is 1. The normalized spacial score (nSPS) is 26.5. The monoisotopic (exact) mass is 349 g/mol. The van der Waals surface area contributed by atoms with Crippen molar-refractivity contribution in [2.24, 2.45) is 0 Å². The highest BCUT2D eigenvalue weighted by Crippen LogP contribution is 2.45. The Hall–Kier alpha value is -2.10. The van der Waals surface area contributed by atoms with Gasteiger partial charge in [-0.05, 0) is 63.9 Å². The molecule has 1 saturated carbocycles. The van der Waals surface area contributed by atoms with Crippen molar-refractivity contribution in [3.8, 4) is 0 Å². The Bertz CT molecular complexity index is 840. The summed E-state index contributed by atoms with van der Waals surface area (Å²) >= 11 is 0. The van der Waals surface area contributed by atoms with Crippen LogP contribution in [0.25, 0.3) is 11.0 Å². The van der Waals surface area contributed by atoms with E-state index in [4.69, 9.17) is 4.42 Å². The van der Waals surface area contributed by atoms with Gasteiger partial charge in [0.25, 0.3) is 0 Å². The molecule has 1 aliphatic carbocycles. The molecule has 1 aromatic heterocycles. The van der Waals surface area contributed by atoms with Crippen LogP contribution in [0.1, 0.15) is 37.0 Å². The standard InChI is InChI=1S/C23H27NO2/c1-24(2)22(17-18-8-4-3-5-9-18)12-14-23(25,15-13-22)21-16-19-10-6-7-11-20(19)26-21/h3-11,16,25H,12-15,17H2,1-2H3. The third-order valence-electron chi connectivity index (χ3n) is 6.22. The molecule has 1 fully saturated rings. The number of hydrogen-bond donors (Lipinski definition) is 1. The van der Waals surface area contributed by atoms with Gasteiger partial charge in [-0.2, -0.15) is 0 Å². The Morgan fingerprint density at radius 1 is 0.923 bits per heavy atom. The van der Waals surface area contributed by atoms with E-state index in [1.165, 1.54) is 5.56 Å². The van der Waals surface area contributed by atoms with Crippen LogP contribution in [0.3, 0.4) is 0 Å². The summed E-state index contributed by atoms with van der Waals surface area (Å²) in [7, 11) is 4.32. The molecule has 0 spiro atoms. The predicted molar refractivity (Wildman–Crippen MR) is 105 cm³/mol. The second kappa shape index (κ2) is 6.57. The van der Waals surface area contributed by atoms with Crippen LogP contribution in [-0.2, 0) is 12.0 Å². The van der Waals surface area contributed by atoms with Gasteiger partial charge in [-0.1, -0.05) is 48.5 Å². The summed E-state index contributed by atoms with van der Waals surface area (Å²) in [4.78, 5) is 2.35. The zero-order chi connectivity index (χ0) is 18.2. The van der Waals surface area contributed by atoms with Gasteiger partial charge in [0.2, 0.25) is 0 Å². The molecule has 4 rings (SSSR count). The molecule has 0 atom stereocenters. The minimum Gasteiger partial charge on any atom is -0.458 e. The predicted octanol–water partition coefficient (Wildman–Crippen LogP) is 4.74. The van der Waals surface area contributed by atoms with Crippen molar-refractivity contribution in [3.63, 3.8) is 0 Å². The first-order valence-corrected chi connectivity index (χ1v) is 9.44. The van der Waals surface area contributed by atoms with E-state index in [1.807, 2.05) is 30.3 Å². The van der Waals surface area contributed by atoms with Crippen molar-refractivity contribution in [2.75, 3.05) is 14.1 Å². The third-order valence-corrected chi connectivity index (χ3v) is 6.22. The maximum Gasteiger partial charge on any atom is 0.136 e. The van der Waals surface area contributed by atoms with Crippen molar-refractivity contribution >= 4 is 11.0 Å². The zero-order valence-electron chi connectivity index (χ0n) is 15.6. The summed E-state index contributed by atoms with van der Waals surface area (Å²) in [6, 6.07) is 20.6. The van der Waals surface area contributed by atoms with Crippen molar-refractivity contribution < 1.29 is 9.52 Å². The molecule has 1 N–H and O–H groups in total. The highest BCUT2D eigenvalue weighted by molar-refractivity contribution is 5.77.